The molecule has 0 radical (unpaired) electrons. The molecular weight excluding hydrogens is 276 g/mol. The van der Waals surface area contributed by atoms with Crippen molar-refractivity contribution in [1.29, 1.82) is 0 Å². The lowest BCUT2D eigenvalue weighted by atomic mass is 10.1. The van der Waals surface area contributed by atoms with Crippen molar-refractivity contribution in [2.24, 2.45) is 0 Å². The minimum atomic E-state index is 0.323. The monoisotopic (exact) mass is 297 g/mol. The molecule has 0 N–H and O–H groups in total. The molecule has 0 aliphatic heterocycles. The van der Waals surface area contributed by atoms with E-state index in [0.29, 0.717) is 11.8 Å². The third-order valence-corrected chi connectivity index (χ3v) is 4.34. The normalized spacial score (nSPS) is 11.3. The third-order valence-electron chi connectivity index (χ3n) is 3.18. The van der Waals surface area contributed by atoms with Gasteiger partial charge in [0.05, 0.1) is 0 Å². The molecule has 2 aromatic rings. The summed E-state index contributed by atoms with van der Waals surface area (Å²) in [5.41, 5.74) is 1.15. The lowest BCUT2D eigenvalue weighted by Crippen LogP contribution is -2.15. The Bertz CT molecular complexity index is 578. The van der Waals surface area contributed by atoms with Crippen LogP contribution in [0, 0.1) is 0 Å². The van der Waals surface area contributed by atoms with E-state index < -0.39 is 0 Å². The molecule has 0 saturated carbocycles. The molecule has 0 bridgehead atoms. The summed E-state index contributed by atoms with van der Waals surface area (Å²) >= 11 is 2.13. The van der Waals surface area contributed by atoms with Crippen LogP contribution in [0.5, 0.6) is 0 Å². The van der Waals surface area contributed by atoms with E-state index in [-0.39, 0.29) is 0 Å². The minimum absolute atomic E-state index is 0.323. The van der Waals surface area contributed by atoms with Crippen LogP contribution < -0.4 is 8.85 Å². The van der Waals surface area contributed by atoms with Gasteiger partial charge in [0.2, 0.25) is 0 Å². The van der Waals surface area contributed by atoms with Crippen molar-refractivity contribution < 1.29 is 0 Å². The zero-order valence-corrected chi connectivity index (χ0v) is 17.2. The average Bonchev–Trinajstić information content (AvgIpc) is 2.36. The third kappa shape index (κ3) is 3.69. The Morgan fingerprint density at radius 3 is 1.60 bits per heavy atom. The second-order valence-electron chi connectivity index (χ2n) is 6.06. The van der Waals surface area contributed by atoms with E-state index in [2.05, 4.69) is 60.8 Å². The highest BCUT2D eigenvalue weighted by Gasteiger charge is 2.13. The number of rotatable bonds is 3. The second-order valence-corrected chi connectivity index (χ2v) is 8.37. The van der Waals surface area contributed by atoms with Crippen molar-refractivity contribution in [3.8, 4) is 11.4 Å². The van der Waals surface area contributed by atoms with Crippen LogP contribution in [0.15, 0.2) is 18.2 Å². The molecule has 0 unspecified atom stereocenters. The Labute approximate surface area is 137 Å². The van der Waals surface area contributed by atoms with Crippen LogP contribution in [0.2, 0.25) is 0 Å². The van der Waals surface area contributed by atoms with E-state index in [1.165, 1.54) is 8.85 Å². The van der Waals surface area contributed by atoms with Crippen LogP contribution in [-0.4, -0.2) is 47.5 Å². The summed E-state index contributed by atoms with van der Waals surface area (Å²) in [6.45, 7) is 8.52. The molecule has 0 fully saturated rings. The molecule has 0 aliphatic rings. The van der Waals surface area contributed by atoms with Crippen LogP contribution in [0.1, 0.15) is 51.2 Å². The van der Waals surface area contributed by atoms with Gasteiger partial charge in [0.1, 0.15) is 11.6 Å². The van der Waals surface area contributed by atoms with E-state index in [4.69, 9.17) is 0 Å². The molecule has 0 spiro atoms. The zero-order chi connectivity index (χ0) is 14.9. The molecule has 0 amide bonds. The molecule has 2 rings (SSSR count). The molecule has 1 aromatic heterocycles. The second kappa shape index (κ2) is 6.38. The molecule has 5 heteroatoms. The summed E-state index contributed by atoms with van der Waals surface area (Å²) in [5, 5.41) is 0. The van der Waals surface area contributed by atoms with E-state index in [1.807, 2.05) is 0 Å². The van der Waals surface area contributed by atoms with E-state index >= 15 is 0 Å². The maximum absolute atomic E-state index is 4.68. The summed E-state index contributed by atoms with van der Waals surface area (Å²) in [4.78, 5) is 14.0. The lowest BCUT2D eigenvalue weighted by Gasteiger charge is -2.12. The Morgan fingerprint density at radius 2 is 1.20 bits per heavy atom. The molecule has 3 nitrogen and oxygen atoms in total. The first-order chi connectivity index (χ1) is 9.36. The maximum Gasteiger partial charge on any atom is 0.258 e. The predicted molar refractivity (Wildman–Crippen MR) is 89.8 cm³/mol. The highest BCUT2D eigenvalue weighted by molar-refractivity contribution is 6.38. The smallest absolute Gasteiger partial charge is 0.217 e. The number of nitrogens with zero attached hydrogens (tertiary/aromatic N) is 3. The van der Waals surface area contributed by atoms with Crippen molar-refractivity contribution in [3.05, 3.63) is 29.8 Å². The van der Waals surface area contributed by atoms with Crippen LogP contribution in [0.3, 0.4) is 0 Å². The van der Waals surface area contributed by atoms with Gasteiger partial charge >= 0.3 is 0 Å². The molecule has 20 heavy (non-hydrogen) atoms. The first kappa shape index (κ1) is 15.7. The molecule has 102 valence electrons. The summed E-state index contributed by atoms with van der Waals surface area (Å²) in [7, 11) is 0. The van der Waals surface area contributed by atoms with Crippen LogP contribution in [0.4, 0.5) is 0 Å². The summed E-state index contributed by atoms with van der Waals surface area (Å²) in [5.74, 6) is 3.27. The quantitative estimate of drug-likeness (QED) is 0.765. The highest BCUT2D eigenvalue weighted by Crippen LogP contribution is 2.19. The number of aromatic nitrogens is 3. The van der Waals surface area contributed by atoms with Crippen molar-refractivity contribution in [2.75, 3.05) is 0 Å². The van der Waals surface area contributed by atoms with Gasteiger partial charge in [-0.25, -0.2) is 15.0 Å². The van der Waals surface area contributed by atoms with Gasteiger partial charge < -0.3 is 0 Å². The molecule has 1 heterocycles. The molecule has 0 aliphatic carbocycles. The SMILES string of the molecule is CC(C)c1nc(-c2c[c]([AlH2])c[c]([AlH2])c2)nc(C(C)C)n1. The molecule has 1 aromatic carbocycles. The van der Waals surface area contributed by atoms with Gasteiger partial charge in [-0.2, -0.15) is 0 Å². The highest BCUT2D eigenvalue weighted by atomic mass is 27.1. The van der Waals surface area contributed by atoms with Crippen LogP contribution >= 0.6 is 0 Å². The number of benzene rings is 1. The number of hydrogen-bond acceptors (Lipinski definition) is 3. The maximum atomic E-state index is 4.68. The minimum Gasteiger partial charge on any atom is -0.217 e. The van der Waals surface area contributed by atoms with E-state index in [0.717, 1.165) is 55.6 Å². The summed E-state index contributed by atoms with van der Waals surface area (Å²) in [6, 6.07) is 6.73. The molecule has 0 atom stereocenters. The van der Waals surface area contributed by atoms with Gasteiger partial charge in [0.25, 0.3) is 32.6 Å². The van der Waals surface area contributed by atoms with Gasteiger partial charge in [0, 0.05) is 17.4 Å². The largest absolute Gasteiger partial charge is 0.258 e. The van der Waals surface area contributed by atoms with Crippen molar-refractivity contribution in [1.82, 2.24) is 15.0 Å². The Kier molecular flexibility index (Phi) is 5.00. The fourth-order valence-corrected chi connectivity index (χ4v) is 4.27. The van der Waals surface area contributed by atoms with Crippen molar-refractivity contribution in [2.45, 2.75) is 39.5 Å². The van der Waals surface area contributed by atoms with Crippen molar-refractivity contribution in [3.63, 3.8) is 0 Å². The Hall–Kier alpha value is -0.705. The van der Waals surface area contributed by atoms with E-state index in [9.17, 15) is 0 Å². The van der Waals surface area contributed by atoms with Gasteiger partial charge in [-0.1, -0.05) is 45.9 Å². The van der Waals surface area contributed by atoms with Gasteiger partial charge in [-0.3, -0.25) is 0 Å². The lowest BCUT2D eigenvalue weighted by molar-refractivity contribution is 0.697. The first-order valence-electron chi connectivity index (χ1n) is 7.21. The van der Waals surface area contributed by atoms with Gasteiger partial charge in [-0.15, -0.1) is 8.85 Å². The number of hydrogen-bond donors (Lipinski definition) is 0. The first-order valence-corrected chi connectivity index (χ1v) is 9.21. The van der Waals surface area contributed by atoms with Crippen LogP contribution in [0.25, 0.3) is 11.4 Å². The topological polar surface area (TPSA) is 38.7 Å². The summed E-state index contributed by atoms with van der Waals surface area (Å²) < 4.78 is 2.82. The summed E-state index contributed by atoms with van der Waals surface area (Å²) in [6.07, 6.45) is 0. The molecule has 0 saturated heterocycles. The fourth-order valence-electron chi connectivity index (χ4n) is 2.16. The van der Waals surface area contributed by atoms with Crippen molar-refractivity contribution >= 4 is 41.4 Å². The average molecular weight is 297 g/mol. The Morgan fingerprint density at radius 1 is 0.750 bits per heavy atom. The fraction of sp³-hybridized carbons (Fsp3) is 0.400. The molecular formula is C15H21Al2N3. The standard InChI is InChI=1S/C15H17N3.2Al.4H/c1-10(2)13-16-14(11(3)4)18-15(17-13)12-8-6-5-7-9-12;;;;;;/h5,8-11H,1-4H3;;;;;;. The van der Waals surface area contributed by atoms with Gasteiger partial charge in [-0.05, 0) is 0 Å². The van der Waals surface area contributed by atoms with Gasteiger partial charge in [0.15, 0.2) is 5.82 Å². The Balaban J connectivity index is 2.60. The van der Waals surface area contributed by atoms with E-state index in [1.54, 1.807) is 0 Å². The zero-order valence-electron chi connectivity index (χ0n) is 13.2. The predicted octanol–water partition coefficient (Wildman–Crippen LogP) is 0.302. The van der Waals surface area contributed by atoms with Crippen LogP contribution in [-0.2, 0) is 0 Å².